The molecule has 3 atom stereocenters. The second kappa shape index (κ2) is 2.08. The smallest absolute Gasteiger partial charge is 0.331 e. The van der Waals surface area contributed by atoms with Crippen molar-refractivity contribution in [1.82, 2.24) is 0 Å². The number of fused-ring (bicyclic) bond motifs is 1. The third kappa shape index (κ3) is 1.05. The molecule has 1 aliphatic carbocycles. The minimum absolute atomic E-state index is 0.109. The van der Waals surface area contributed by atoms with Crippen molar-refractivity contribution in [3.63, 3.8) is 0 Å². The van der Waals surface area contributed by atoms with Crippen LogP contribution in [0.3, 0.4) is 0 Å². The number of ether oxygens (including phenoxy) is 1. The average molecular weight is 154 g/mol. The van der Waals surface area contributed by atoms with Crippen LogP contribution in [0.5, 0.6) is 0 Å². The zero-order chi connectivity index (χ0) is 8.01. The van der Waals surface area contributed by atoms with Gasteiger partial charge in [-0.2, -0.15) is 0 Å². The molecule has 0 spiro atoms. The summed E-state index contributed by atoms with van der Waals surface area (Å²) >= 11 is 0. The summed E-state index contributed by atoms with van der Waals surface area (Å²) in [6.07, 6.45) is 3.02. The van der Waals surface area contributed by atoms with Crippen LogP contribution in [0.4, 0.5) is 0 Å². The highest BCUT2D eigenvalue weighted by Crippen LogP contribution is 2.38. The van der Waals surface area contributed by atoms with E-state index in [9.17, 15) is 4.79 Å². The fraction of sp³-hybridized carbons (Fsp3) is 0.625. The summed E-state index contributed by atoms with van der Waals surface area (Å²) in [4.78, 5) is 10.6. The highest BCUT2D eigenvalue weighted by Gasteiger charge is 2.43. The first-order valence-electron chi connectivity index (χ1n) is 3.79. The lowest BCUT2D eigenvalue weighted by Crippen LogP contribution is -2.17. The van der Waals surface area contributed by atoms with Gasteiger partial charge in [-0.05, 0) is 18.4 Å². The molecular weight excluding hydrogens is 144 g/mol. The van der Waals surface area contributed by atoms with Crippen molar-refractivity contribution >= 4 is 5.97 Å². The summed E-state index contributed by atoms with van der Waals surface area (Å²) < 4.78 is 5.19. The summed E-state index contributed by atoms with van der Waals surface area (Å²) in [5, 5.41) is 8.72. The molecule has 0 aromatic carbocycles. The van der Waals surface area contributed by atoms with E-state index < -0.39 is 5.97 Å². The Kier molecular flexibility index (Phi) is 1.29. The van der Waals surface area contributed by atoms with Crippen molar-refractivity contribution in [1.29, 1.82) is 0 Å². The molecule has 1 N–H and O–H groups in total. The molecule has 1 aliphatic heterocycles. The summed E-state index contributed by atoms with van der Waals surface area (Å²) in [5.41, 5.74) is 0.517. The molecule has 1 saturated heterocycles. The maximum atomic E-state index is 10.6. The molecule has 0 amide bonds. The van der Waals surface area contributed by atoms with E-state index in [0.717, 1.165) is 6.42 Å². The molecule has 60 valence electrons. The Morgan fingerprint density at radius 1 is 1.82 bits per heavy atom. The summed E-state index contributed by atoms with van der Waals surface area (Å²) in [7, 11) is 0. The molecule has 3 unspecified atom stereocenters. The van der Waals surface area contributed by atoms with Crippen molar-refractivity contribution in [2.45, 2.75) is 25.6 Å². The average Bonchev–Trinajstić information content (AvgIpc) is 2.63. The van der Waals surface area contributed by atoms with Crippen molar-refractivity contribution in [3.05, 3.63) is 11.6 Å². The minimum Gasteiger partial charge on any atom is -0.478 e. The lowest BCUT2D eigenvalue weighted by Gasteiger charge is -2.13. The highest BCUT2D eigenvalue weighted by atomic mass is 16.6. The van der Waals surface area contributed by atoms with Gasteiger partial charge < -0.3 is 9.84 Å². The molecule has 0 saturated carbocycles. The molecule has 0 aromatic rings. The predicted molar refractivity (Wildman–Crippen MR) is 38.2 cm³/mol. The van der Waals surface area contributed by atoms with E-state index in [1.807, 2.05) is 6.92 Å². The number of rotatable bonds is 1. The van der Waals surface area contributed by atoms with Gasteiger partial charge in [-0.15, -0.1) is 0 Å². The zero-order valence-electron chi connectivity index (χ0n) is 6.28. The Balaban J connectivity index is 2.22. The van der Waals surface area contributed by atoms with Gasteiger partial charge in [0, 0.05) is 5.57 Å². The zero-order valence-corrected chi connectivity index (χ0v) is 6.28. The van der Waals surface area contributed by atoms with Gasteiger partial charge in [0.15, 0.2) is 0 Å². The van der Waals surface area contributed by atoms with Gasteiger partial charge in [0.1, 0.15) is 6.10 Å². The van der Waals surface area contributed by atoms with Crippen LogP contribution in [0.25, 0.3) is 0 Å². The molecule has 2 aliphatic rings. The van der Waals surface area contributed by atoms with E-state index in [4.69, 9.17) is 9.84 Å². The number of epoxide rings is 1. The van der Waals surface area contributed by atoms with Gasteiger partial charge in [0.25, 0.3) is 0 Å². The van der Waals surface area contributed by atoms with Crippen LogP contribution >= 0.6 is 0 Å². The van der Waals surface area contributed by atoms with Gasteiger partial charge in [-0.25, -0.2) is 4.79 Å². The topological polar surface area (TPSA) is 49.8 Å². The van der Waals surface area contributed by atoms with E-state index in [1.165, 1.54) is 0 Å². The SMILES string of the molecule is CC1CC2OC2C=C1C(=O)O. The summed E-state index contributed by atoms with van der Waals surface area (Å²) in [5.74, 6) is -0.650. The number of carboxylic acid groups (broad SMARTS) is 1. The second-order valence-electron chi connectivity index (χ2n) is 3.20. The first kappa shape index (κ1) is 6.85. The molecule has 1 heterocycles. The van der Waals surface area contributed by atoms with E-state index in [-0.39, 0.29) is 12.0 Å². The number of hydrogen-bond acceptors (Lipinski definition) is 2. The maximum Gasteiger partial charge on any atom is 0.331 e. The summed E-state index contributed by atoms with van der Waals surface area (Å²) in [6.45, 7) is 1.93. The van der Waals surface area contributed by atoms with Crippen molar-refractivity contribution in [2.24, 2.45) is 5.92 Å². The maximum absolute atomic E-state index is 10.6. The van der Waals surface area contributed by atoms with Crippen molar-refractivity contribution < 1.29 is 14.6 Å². The van der Waals surface area contributed by atoms with Crippen molar-refractivity contribution in [3.8, 4) is 0 Å². The molecule has 3 heteroatoms. The normalized spacial score (nSPS) is 40.8. The fourth-order valence-corrected chi connectivity index (χ4v) is 1.59. The molecule has 0 aromatic heterocycles. The number of carbonyl (C=O) groups is 1. The number of hydrogen-bond donors (Lipinski definition) is 1. The van der Waals surface area contributed by atoms with Gasteiger partial charge in [0.05, 0.1) is 6.10 Å². The van der Waals surface area contributed by atoms with Gasteiger partial charge >= 0.3 is 5.97 Å². The Bertz CT molecular complexity index is 231. The van der Waals surface area contributed by atoms with E-state index in [1.54, 1.807) is 6.08 Å². The third-order valence-corrected chi connectivity index (χ3v) is 2.33. The second-order valence-corrected chi connectivity index (χ2v) is 3.20. The summed E-state index contributed by atoms with van der Waals surface area (Å²) in [6, 6.07) is 0. The van der Waals surface area contributed by atoms with Crippen LogP contribution in [-0.4, -0.2) is 23.3 Å². The van der Waals surface area contributed by atoms with Crippen LogP contribution in [0.15, 0.2) is 11.6 Å². The third-order valence-electron chi connectivity index (χ3n) is 2.33. The molecule has 3 nitrogen and oxygen atoms in total. The molecule has 11 heavy (non-hydrogen) atoms. The van der Waals surface area contributed by atoms with E-state index in [2.05, 4.69) is 0 Å². The fourth-order valence-electron chi connectivity index (χ4n) is 1.59. The van der Waals surface area contributed by atoms with Crippen molar-refractivity contribution in [2.75, 3.05) is 0 Å². The molecule has 0 bridgehead atoms. The van der Waals surface area contributed by atoms with E-state index in [0.29, 0.717) is 11.7 Å². The van der Waals surface area contributed by atoms with Gasteiger partial charge in [-0.1, -0.05) is 6.92 Å². The number of aliphatic carboxylic acids is 1. The molecule has 1 fully saturated rings. The van der Waals surface area contributed by atoms with Gasteiger partial charge in [-0.3, -0.25) is 0 Å². The molecule has 0 radical (unpaired) electrons. The Morgan fingerprint density at radius 3 is 3.18 bits per heavy atom. The number of carboxylic acids is 1. The molecular formula is C8H10O3. The largest absolute Gasteiger partial charge is 0.478 e. The van der Waals surface area contributed by atoms with Gasteiger partial charge in [0.2, 0.25) is 0 Å². The van der Waals surface area contributed by atoms with Crippen LogP contribution in [0.2, 0.25) is 0 Å². The Labute approximate surface area is 64.7 Å². The van der Waals surface area contributed by atoms with Crippen LogP contribution in [0.1, 0.15) is 13.3 Å². The van der Waals surface area contributed by atoms with Crippen LogP contribution in [-0.2, 0) is 9.53 Å². The first-order valence-corrected chi connectivity index (χ1v) is 3.79. The van der Waals surface area contributed by atoms with E-state index >= 15 is 0 Å². The predicted octanol–water partition coefficient (Wildman–Crippen LogP) is 0.805. The Hall–Kier alpha value is -0.830. The van der Waals surface area contributed by atoms with Crippen LogP contribution in [0, 0.1) is 5.92 Å². The Morgan fingerprint density at radius 2 is 2.55 bits per heavy atom. The lowest BCUT2D eigenvalue weighted by molar-refractivity contribution is -0.133. The molecule has 2 rings (SSSR count). The monoisotopic (exact) mass is 154 g/mol. The lowest BCUT2D eigenvalue weighted by atomic mass is 9.89. The standard InChI is InChI=1S/C8H10O3/c1-4-2-6-7(11-6)3-5(4)8(9)10/h3-4,6-7H,2H2,1H3,(H,9,10). The van der Waals surface area contributed by atoms with Crippen LogP contribution < -0.4 is 0 Å². The first-order chi connectivity index (χ1) is 5.18. The highest BCUT2D eigenvalue weighted by molar-refractivity contribution is 5.87. The quantitative estimate of drug-likeness (QED) is 0.568. The minimum atomic E-state index is -0.800.